The van der Waals surface area contributed by atoms with E-state index in [-0.39, 0.29) is 48.9 Å². The molecule has 4 rings (SSSR count). The van der Waals surface area contributed by atoms with Gasteiger partial charge in [-0.3, -0.25) is 14.6 Å². The number of nitrogens with zero attached hydrogens (tertiary/aromatic N) is 4. The van der Waals surface area contributed by atoms with Gasteiger partial charge in [0, 0.05) is 18.0 Å². The Kier molecular flexibility index (Phi) is 4.72. The van der Waals surface area contributed by atoms with E-state index in [1.54, 1.807) is 13.0 Å². The van der Waals surface area contributed by atoms with E-state index < -0.39 is 12.1 Å². The SMILES string of the molecule is Cc1cc2nc(-n3ncc(C(=O)N4CCC(C(F)(F)F)CC4)c3C)[nH]c(=O)c2s1. The van der Waals surface area contributed by atoms with Gasteiger partial charge in [0.1, 0.15) is 4.70 Å². The van der Waals surface area contributed by atoms with E-state index in [4.69, 9.17) is 0 Å². The Bertz CT molecular complexity index is 1140. The first kappa shape index (κ1) is 19.6. The van der Waals surface area contributed by atoms with Crippen LogP contribution in [0, 0.1) is 19.8 Å². The molecule has 1 aliphatic heterocycles. The fraction of sp³-hybridized carbons (Fsp3) is 0.444. The molecular weight excluding hydrogens is 407 g/mol. The predicted molar refractivity (Wildman–Crippen MR) is 102 cm³/mol. The van der Waals surface area contributed by atoms with E-state index >= 15 is 0 Å². The van der Waals surface area contributed by atoms with Gasteiger partial charge in [-0.15, -0.1) is 11.3 Å². The summed E-state index contributed by atoms with van der Waals surface area (Å²) in [4.78, 5) is 34.6. The molecule has 1 amide bonds. The van der Waals surface area contributed by atoms with Gasteiger partial charge in [0.25, 0.3) is 11.5 Å². The molecule has 11 heteroatoms. The number of aromatic nitrogens is 4. The average Bonchev–Trinajstić information content (AvgIpc) is 3.23. The van der Waals surface area contributed by atoms with Gasteiger partial charge in [-0.25, -0.2) is 9.67 Å². The van der Waals surface area contributed by atoms with Gasteiger partial charge in [-0.05, 0) is 32.8 Å². The normalized spacial score (nSPS) is 16.0. The Morgan fingerprint density at radius 2 is 1.97 bits per heavy atom. The van der Waals surface area contributed by atoms with Crippen LogP contribution in [0.4, 0.5) is 13.2 Å². The lowest BCUT2D eigenvalue weighted by molar-refractivity contribution is -0.183. The molecule has 29 heavy (non-hydrogen) atoms. The molecule has 154 valence electrons. The molecule has 1 N–H and O–H groups in total. The number of piperidine rings is 1. The van der Waals surface area contributed by atoms with Crippen molar-refractivity contribution in [2.45, 2.75) is 32.9 Å². The van der Waals surface area contributed by atoms with Crippen molar-refractivity contribution in [3.8, 4) is 5.95 Å². The highest BCUT2D eigenvalue weighted by Gasteiger charge is 2.42. The number of halogens is 3. The summed E-state index contributed by atoms with van der Waals surface area (Å²) in [5.74, 6) is -1.55. The van der Waals surface area contributed by atoms with Crippen LogP contribution >= 0.6 is 11.3 Å². The maximum Gasteiger partial charge on any atom is 0.391 e. The van der Waals surface area contributed by atoms with Crippen LogP contribution in [-0.2, 0) is 0 Å². The second-order valence-electron chi connectivity index (χ2n) is 7.12. The van der Waals surface area contributed by atoms with E-state index in [0.717, 1.165) is 4.88 Å². The number of nitrogens with one attached hydrogen (secondary N) is 1. The van der Waals surface area contributed by atoms with Gasteiger partial charge in [-0.2, -0.15) is 18.3 Å². The second kappa shape index (κ2) is 6.97. The molecule has 1 aliphatic rings. The van der Waals surface area contributed by atoms with E-state index in [9.17, 15) is 22.8 Å². The minimum absolute atomic E-state index is 0.0445. The topological polar surface area (TPSA) is 83.9 Å². The van der Waals surface area contributed by atoms with Crippen molar-refractivity contribution in [1.82, 2.24) is 24.6 Å². The summed E-state index contributed by atoms with van der Waals surface area (Å²) >= 11 is 1.34. The number of hydrogen-bond acceptors (Lipinski definition) is 5. The Morgan fingerprint density at radius 3 is 2.62 bits per heavy atom. The average molecular weight is 425 g/mol. The summed E-state index contributed by atoms with van der Waals surface area (Å²) < 4.78 is 40.4. The summed E-state index contributed by atoms with van der Waals surface area (Å²) in [6, 6.07) is 1.80. The van der Waals surface area contributed by atoms with Gasteiger partial charge in [0.05, 0.1) is 28.9 Å². The van der Waals surface area contributed by atoms with Crippen LogP contribution in [0.3, 0.4) is 0 Å². The molecule has 3 aromatic heterocycles. The molecule has 0 aliphatic carbocycles. The lowest BCUT2D eigenvalue weighted by atomic mass is 9.96. The van der Waals surface area contributed by atoms with Crippen molar-refractivity contribution in [1.29, 1.82) is 0 Å². The molecule has 0 bridgehead atoms. The van der Waals surface area contributed by atoms with Crippen LogP contribution in [0.25, 0.3) is 16.2 Å². The highest BCUT2D eigenvalue weighted by Crippen LogP contribution is 2.34. The molecule has 7 nitrogen and oxygen atoms in total. The van der Waals surface area contributed by atoms with Crippen molar-refractivity contribution < 1.29 is 18.0 Å². The molecule has 0 atom stereocenters. The van der Waals surface area contributed by atoms with Gasteiger partial charge in [0.2, 0.25) is 5.95 Å². The van der Waals surface area contributed by atoms with E-state index in [1.165, 1.54) is 27.1 Å². The number of aromatic amines is 1. The second-order valence-corrected chi connectivity index (χ2v) is 8.38. The van der Waals surface area contributed by atoms with Gasteiger partial charge < -0.3 is 4.90 Å². The minimum atomic E-state index is -4.23. The molecule has 0 spiro atoms. The number of rotatable bonds is 2. The van der Waals surface area contributed by atoms with Crippen LogP contribution in [0.1, 0.15) is 33.8 Å². The van der Waals surface area contributed by atoms with Crippen LogP contribution in [0.2, 0.25) is 0 Å². The van der Waals surface area contributed by atoms with Crippen molar-refractivity contribution in [2.24, 2.45) is 5.92 Å². The van der Waals surface area contributed by atoms with Gasteiger partial charge in [0.15, 0.2) is 0 Å². The van der Waals surface area contributed by atoms with Crippen LogP contribution < -0.4 is 5.56 Å². The number of carbonyl (C=O) groups is 1. The lowest BCUT2D eigenvalue weighted by Gasteiger charge is -2.32. The lowest BCUT2D eigenvalue weighted by Crippen LogP contribution is -2.42. The number of alkyl halides is 3. The molecule has 0 saturated carbocycles. The zero-order chi connectivity index (χ0) is 20.9. The molecule has 0 aromatic carbocycles. The summed E-state index contributed by atoms with van der Waals surface area (Å²) in [5.41, 5.74) is 0.991. The van der Waals surface area contributed by atoms with Crippen molar-refractivity contribution in [3.63, 3.8) is 0 Å². The third-order valence-corrected chi connectivity index (χ3v) is 6.22. The summed E-state index contributed by atoms with van der Waals surface area (Å²) in [6.07, 6.45) is -3.08. The molecule has 4 heterocycles. The molecule has 3 aromatic rings. The maximum atomic E-state index is 12.8. The number of hydrogen-bond donors (Lipinski definition) is 1. The van der Waals surface area contributed by atoms with E-state index in [1.807, 2.05) is 6.92 Å². The first-order valence-corrected chi connectivity index (χ1v) is 9.88. The van der Waals surface area contributed by atoms with Crippen LogP contribution in [0.5, 0.6) is 0 Å². The highest BCUT2D eigenvalue weighted by molar-refractivity contribution is 7.18. The Labute approximate surface area is 167 Å². The number of likely N-dealkylation sites (tertiary alicyclic amines) is 1. The maximum absolute atomic E-state index is 12.8. The third kappa shape index (κ3) is 3.54. The Hall–Kier alpha value is -2.69. The fourth-order valence-corrected chi connectivity index (χ4v) is 4.41. The number of aryl methyl sites for hydroxylation is 1. The monoisotopic (exact) mass is 425 g/mol. The Morgan fingerprint density at radius 1 is 1.28 bits per heavy atom. The standard InChI is InChI=1S/C18H18F3N5O2S/c1-9-7-13-14(29-9)15(27)24-17(23-13)26-10(2)12(8-22-26)16(28)25-5-3-11(4-6-25)18(19,20)21/h7-8,11H,3-6H2,1-2H3,(H,23,24,27). The smallest absolute Gasteiger partial charge is 0.339 e. The number of H-pyrrole nitrogens is 1. The third-order valence-electron chi connectivity index (χ3n) is 5.18. The van der Waals surface area contributed by atoms with Gasteiger partial charge in [-0.1, -0.05) is 0 Å². The number of carbonyl (C=O) groups excluding carboxylic acids is 1. The molecule has 1 saturated heterocycles. The van der Waals surface area contributed by atoms with Crippen molar-refractivity contribution in [3.05, 3.63) is 38.8 Å². The fourth-order valence-electron chi connectivity index (χ4n) is 3.56. The summed E-state index contributed by atoms with van der Waals surface area (Å²) in [6.45, 7) is 3.63. The molecule has 1 fully saturated rings. The van der Waals surface area contributed by atoms with E-state index in [2.05, 4.69) is 15.1 Å². The number of amides is 1. The largest absolute Gasteiger partial charge is 0.391 e. The zero-order valence-electron chi connectivity index (χ0n) is 15.7. The molecule has 0 radical (unpaired) electrons. The van der Waals surface area contributed by atoms with Crippen LogP contribution in [-0.4, -0.2) is 49.8 Å². The first-order chi connectivity index (χ1) is 13.6. The zero-order valence-corrected chi connectivity index (χ0v) is 16.5. The molecule has 0 unspecified atom stereocenters. The Balaban J connectivity index is 1.59. The molecular formula is C18H18F3N5O2S. The van der Waals surface area contributed by atoms with Gasteiger partial charge >= 0.3 is 6.18 Å². The highest BCUT2D eigenvalue weighted by atomic mass is 32.1. The van der Waals surface area contributed by atoms with E-state index in [0.29, 0.717) is 15.9 Å². The van der Waals surface area contributed by atoms with Crippen molar-refractivity contribution >= 4 is 27.5 Å². The quantitative estimate of drug-likeness (QED) is 0.684. The van der Waals surface area contributed by atoms with Crippen LogP contribution in [0.15, 0.2) is 17.1 Å². The predicted octanol–water partition coefficient (Wildman–Crippen LogP) is 3.20. The summed E-state index contributed by atoms with van der Waals surface area (Å²) in [7, 11) is 0. The minimum Gasteiger partial charge on any atom is -0.339 e. The number of fused-ring (bicyclic) bond motifs is 1. The first-order valence-electron chi connectivity index (χ1n) is 9.06. The summed E-state index contributed by atoms with van der Waals surface area (Å²) in [5, 5.41) is 4.17. The number of thiophene rings is 1. The van der Waals surface area contributed by atoms with Crippen molar-refractivity contribution in [2.75, 3.05) is 13.1 Å².